The Labute approximate surface area is 178 Å². The molecule has 0 spiro atoms. The molecule has 1 unspecified atom stereocenters. The summed E-state index contributed by atoms with van der Waals surface area (Å²) in [6.45, 7) is 9.96. The SMILES string of the molecule is CCNC(=NCc1cccc(COCCOCC)c1)NCC(C)(O)c1ccsc1. The number of benzene rings is 1. The van der Waals surface area contributed by atoms with Crippen LogP contribution in [0.2, 0.25) is 0 Å². The predicted molar refractivity (Wildman–Crippen MR) is 119 cm³/mol. The van der Waals surface area contributed by atoms with Crippen molar-refractivity contribution in [2.24, 2.45) is 4.99 Å². The molecule has 0 saturated heterocycles. The minimum absolute atomic E-state index is 0.378. The van der Waals surface area contributed by atoms with Gasteiger partial charge in [0.2, 0.25) is 0 Å². The van der Waals surface area contributed by atoms with E-state index in [1.54, 1.807) is 18.3 Å². The van der Waals surface area contributed by atoms with Gasteiger partial charge in [-0.15, -0.1) is 0 Å². The summed E-state index contributed by atoms with van der Waals surface area (Å²) in [4.78, 5) is 4.66. The van der Waals surface area contributed by atoms with Crippen molar-refractivity contribution in [2.45, 2.75) is 39.5 Å². The molecule has 1 atom stereocenters. The maximum absolute atomic E-state index is 10.7. The molecule has 160 valence electrons. The summed E-state index contributed by atoms with van der Waals surface area (Å²) in [7, 11) is 0. The average molecular weight is 420 g/mol. The molecule has 3 N–H and O–H groups in total. The first kappa shape index (κ1) is 23.3. The summed E-state index contributed by atoms with van der Waals surface area (Å²) < 4.78 is 10.9. The first-order valence-electron chi connectivity index (χ1n) is 10.1. The number of nitrogens with one attached hydrogen (secondary N) is 2. The van der Waals surface area contributed by atoms with Crippen LogP contribution in [0.4, 0.5) is 0 Å². The molecule has 0 bridgehead atoms. The molecule has 0 fully saturated rings. The molecule has 1 aromatic heterocycles. The van der Waals surface area contributed by atoms with E-state index in [-0.39, 0.29) is 0 Å². The van der Waals surface area contributed by atoms with Gasteiger partial charge in [-0.05, 0) is 54.3 Å². The molecule has 1 heterocycles. The van der Waals surface area contributed by atoms with Crippen molar-refractivity contribution in [3.8, 4) is 0 Å². The molecule has 7 heteroatoms. The third-order valence-electron chi connectivity index (χ3n) is 4.34. The van der Waals surface area contributed by atoms with Crippen LogP contribution in [-0.2, 0) is 28.2 Å². The van der Waals surface area contributed by atoms with Crippen molar-refractivity contribution < 1.29 is 14.6 Å². The molecule has 0 aliphatic rings. The van der Waals surface area contributed by atoms with Gasteiger partial charge in [-0.25, -0.2) is 4.99 Å². The van der Waals surface area contributed by atoms with E-state index in [9.17, 15) is 5.11 Å². The fourth-order valence-corrected chi connectivity index (χ4v) is 3.49. The quantitative estimate of drug-likeness (QED) is 0.280. The van der Waals surface area contributed by atoms with Gasteiger partial charge < -0.3 is 25.2 Å². The van der Waals surface area contributed by atoms with E-state index in [4.69, 9.17) is 9.47 Å². The van der Waals surface area contributed by atoms with Crippen LogP contribution in [0, 0.1) is 0 Å². The van der Waals surface area contributed by atoms with E-state index in [0.717, 1.165) is 23.2 Å². The van der Waals surface area contributed by atoms with Crippen molar-refractivity contribution in [1.29, 1.82) is 0 Å². The topological polar surface area (TPSA) is 75.1 Å². The second kappa shape index (κ2) is 12.6. The molecule has 2 aromatic rings. The highest BCUT2D eigenvalue weighted by Gasteiger charge is 2.23. The van der Waals surface area contributed by atoms with Crippen molar-refractivity contribution in [2.75, 3.05) is 32.9 Å². The predicted octanol–water partition coefficient (Wildman–Crippen LogP) is 3.26. The molecule has 0 aliphatic carbocycles. The lowest BCUT2D eigenvalue weighted by molar-refractivity contribution is 0.0453. The van der Waals surface area contributed by atoms with Crippen LogP contribution < -0.4 is 10.6 Å². The fourth-order valence-electron chi connectivity index (χ4n) is 2.71. The van der Waals surface area contributed by atoms with Gasteiger partial charge in [-0.2, -0.15) is 11.3 Å². The normalized spacial score (nSPS) is 13.9. The van der Waals surface area contributed by atoms with Gasteiger partial charge in [0.15, 0.2) is 5.96 Å². The second-order valence-electron chi connectivity index (χ2n) is 6.90. The molecule has 6 nitrogen and oxygen atoms in total. The molecule has 2 rings (SSSR count). The first-order valence-corrected chi connectivity index (χ1v) is 11.0. The highest BCUT2D eigenvalue weighted by Crippen LogP contribution is 2.21. The summed E-state index contributed by atoms with van der Waals surface area (Å²) in [6, 6.07) is 10.2. The molecule has 29 heavy (non-hydrogen) atoms. The van der Waals surface area contributed by atoms with Crippen molar-refractivity contribution >= 4 is 17.3 Å². The zero-order valence-electron chi connectivity index (χ0n) is 17.6. The summed E-state index contributed by atoms with van der Waals surface area (Å²) >= 11 is 1.58. The van der Waals surface area contributed by atoms with Gasteiger partial charge in [-0.3, -0.25) is 0 Å². The molecule has 0 saturated carbocycles. The Morgan fingerprint density at radius 3 is 2.66 bits per heavy atom. The van der Waals surface area contributed by atoms with Gasteiger partial charge in [0.05, 0.1) is 32.9 Å². The second-order valence-corrected chi connectivity index (χ2v) is 7.68. The molecular formula is C22H33N3O3S. The fraction of sp³-hybridized carbons (Fsp3) is 0.500. The third-order valence-corrected chi connectivity index (χ3v) is 5.03. The van der Waals surface area contributed by atoms with Gasteiger partial charge >= 0.3 is 0 Å². The van der Waals surface area contributed by atoms with Crippen LogP contribution in [0.25, 0.3) is 0 Å². The number of aliphatic imine (C=N–C) groups is 1. The summed E-state index contributed by atoms with van der Waals surface area (Å²) in [5.41, 5.74) is 2.18. The lowest BCUT2D eigenvalue weighted by Crippen LogP contribution is -2.44. The Balaban J connectivity index is 1.89. The van der Waals surface area contributed by atoms with Crippen LogP contribution in [0.3, 0.4) is 0 Å². The van der Waals surface area contributed by atoms with Crippen molar-refractivity contribution in [3.05, 3.63) is 57.8 Å². The third kappa shape index (κ3) is 8.53. The molecule has 0 aliphatic heterocycles. The minimum Gasteiger partial charge on any atom is -0.384 e. The van der Waals surface area contributed by atoms with Gasteiger partial charge in [0.1, 0.15) is 5.60 Å². The average Bonchev–Trinajstić information content (AvgIpc) is 3.26. The molecule has 1 aromatic carbocycles. The highest BCUT2D eigenvalue weighted by molar-refractivity contribution is 7.08. The van der Waals surface area contributed by atoms with E-state index < -0.39 is 5.60 Å². The number of thiophene rings is 1. The lowest BCUT2D eigenvalue weighted by Gasteiger charge is -2.24. The maximum atomic E-state index is 10.7. The number of aliphatic hydroxyl groups is 1. The van der Waals surface area contributed by atoms with E-state index in [1.165, 1.54) is 0 Å². The summed E-state index contributed by atoms with van der Waals surface area (Å²) in [5.74, 6) is 0.682. The Hall–Kier alpha value is -1.93. The molecule has 0 radical (unpaired) electrons. The Kier molecular flexibility index (Phi) is 10.1. The molecule has 0 amide bonds. The largest absolute Gasteiger partial charge is 0.384 e. The van der Waals surface area contributed by atoms with Gasteiger partial charge in [0.25, 0.3) is 0 Å². The van der Waals surface area contributed by atoms with E-state index in [2.05, 4.69) is 33.8 Å². The van der Waals surface area contributed by atoms with Gasteiger partial charge in [0, 0.05) is 13.2 Å². The zero-order chi connectivity index (χ0) is 21.0. The van der Waals surface area contributed by atoms with Crippen LogP contribution >= 0.6 is 11.3 Å². The van der Waals surface area contributed by atoms with E-state index >= 15 is 0 Å². The number of ether oxygens (including phenoxy) is 2. The lowest BCUT2D eigenvalue weighted by atomic mass is 9.99. The smallest absolute Gasteiger partial charge is 0.191 e. The highest BCUT2D eigenvalue weighted by atomic mass is 32.1. The number of guanidine groups is 1. The van der Waals surface area contributed by atoms with Crippen molar-refractivity contribution in [3.63, 3.8) is 0 Å². The Morgan fingerprint density at radius 1 is 1.14 bits per heavy atom. The summed E-state index contributed by atoms with van der Waals surface area (Å²) in [5, 5.41) is 21.1. The number of rotatable bonds is 12. The number of hydrogen-bond donors (Lipinski definition) is 3. The Morgan fingerprint density at radius 2 is 1.93 bits per heavy atom. The van der Waals surface area contributed by atoms with Crippen LogP contribution in [0.15, 0.2) is 46.1 Å². The number of hydrogen-bond acceptors (Lipinski definition) is 5. The summed E-state index contributed by atoms with van der Waals surface area (Å²) in [6.07, 6.45) is 0. The Bertz CT molecular complexity index is 733. The number of nitrogens with zero attached hydrogens (tertiary/aromatic N) is 1. The first-order chi connectivity index (χ1) is 14.0. The minimum atomic E-state index is -0.949. The van der Waals surface area contributed by atoms with Crippen LogP contribution in [0.5, 0.6) is 0 Å². The van der Waals surface area contributed by atoms with E-state index in [0.29, 0.717) is 45.5 Å². The standard InChI is InChI=1S/C22H33N3O3S/c1-4-23-21(25-17-22(3,26)20-9-12-29-16-20)24-14-18-7-6-8-19(13-18)15-28-11-10-27-5-2/h6-9,12-13,16,26H,4-5,10-11,14-15,17H2,1-3H3,(H2,23,24,25). The molecular weight excluding hydrogens is 386 g/mol. The van der Waals surface area contributed by atoms with Crippen LogP contribution in [-0.4, -0.2) is 44.0 Å². The van der Waals surface area contributed by atoms with Crippen LogP contribution in [0.1, 0.15) is 37.5 Å². The van der Waals surface area contributed by atoms with Crippen molar-refractivity contribution in [1.82, 2.24) is 10.6 Å². The van der Waals surface area contributed by atoms with Gasteiger partial charge in [-0.1, -0.05) is 24.3 Å². The zero-order valence-corrected chi connectivity index (χ0v) is 18.4. The maximum Gasteiger partial charge on any atom is 0.191 e. The van der Waals surface area contributed by atoms with E-state index in [1.807, 2.05) is 36.7 Å². The monoisotopic (exact) mass is 419 g/mol.